The monoisotopic (exact) mass is 505 g/mol. The van der Waals surface area contributed by atoms with Gasteiger partial charge in [-0.15, -0.1) is 0 Å². The molecule has 8 nitrogen and oxygen atoms in total. The standard InChI is InChI=1S/C28H43NO7/c1-7-27(8-2)18-28(34-19-26(5,20-35-28)24(30)31-6)17-25(3,4)29(27)36-14-13-21-9-11-22(12-10-21)32-15-23-16-33-23/h9-12,23H,7-8,13-20H2,1-6H3. The highest BCUT2D eigenvalue weighted by Gasteiger charge is 2.60. The number of epoxide rings is 1. The van der Waals surface area contributed by atoms with E-state index in [9.17, 15) is 4.79 Å². The molecular weight excluding hydrogens is 462 g/mol. The summed E-state index contributed by atoms with van der Waals surface area (Å²) >= 11 is 0. The van der Waals surface area contributed by atoms with E-state index in [0.29, 0.717) is 26.1 Å². The molecule has 0 N–H and O–H groups in total. The van der Waals surface area contributed by atoms with Gasteiger partial charge in [0.05, 0.1) is 39.1 Å². The van der Waals surface area contributed by atoms with Crippen molar-refractivity contribution < 1.29 is 33.3 Å². The van der Waals surface area contributed by atoms with Gasteiger partial charge in [0.2, 0.25) is 0 Å². The van der Waals surface area contributed by atoms with Crippen molar-refractivity contribution in [1.29, 1.82) is 0 Å². The van der Waals surface area contributed by atoms with Crippen LogP contribution in [0.3, 0.4) is 0 Å². The number of ether oxygens (including phenoxy) is 5. The summed E-state index contributed by atoms with van der Waals surface area (Å²) in [5.41, 5.74) is -0.156. The van der Waals surface area contributed by atoms with Gasteiger partial charge in [0.1, 0.15) is 23.9 Å². The SMILES string of the molecule is CCC1(CC)CC2(CC(C)(C)N1OCCc1ccc(OCC3CO3)cc1)OCC(C)(C(=O)OC)CO2. The van der Waals surface area contributed by atoms with Gasteiger partial charge in [0.25, 0.3) is 0 Å². The van der Waals surface area contributed by atoms with E-state index < -0.39 is 11.2 Å². The zero-order valence-corrected chi connectivity index (χ0v) is 22.8. The summed E-state index contributed by atoms with van der Waals surface area (Å²) in [6.45, 7) is 13.2. The summed E-state index contributed by atoms with van der Waals surface area (Å²) in [6, 6.07) is 8.21. The fraction of sp³-hybridized carbons (Fsp3) is 0.750. The molecule has 0 aliphatic carbocycles. The first kappa shape index (κ1) is 27.3. The maximum atomic E-state index is 12.3. The lowest BCUT2D eigenvalue weighted by atomic mass is 9.72. The number of rotatable bonds is 10. The topological polar surface area (TPSA) is 79.0 Å². The summed E-state index contributed by atoms with van der Waals surface area (Å²) in [5.74, 6) is -0.180. The first-order chi connectivity index (χ1) is 17.1. The van der Waals surface area contributed by atoms with Crippen LogP contribution in [0.4, 0.5) is 0 Å². The van der Waals surface area contributed by atoms with Gasteiger partial charge in [-0.05, 0) is 57.7 Å². The summed E-state index contributed by atoms with van der Waals surface area (Å²) in [6.07, 6.45) is 4.18. The van der Waals surface area contributed by atoms with Gasteiger partial charge in [0.15, 0.2) is 5.79 Å². The van der Waals surface area contributed by atoms with Crippen LogP contribution in [0, 0.1) is 5.41 Å². The van der Waals surface area contributed by atoms with E-state index in [1.807, 2.05) is 19.1 Å². The van der Waals surface area contributed by atoms with Gasteiger partial charge in [-0.1, -0.05) is 26.0 Å². The Labute approximate surface area is 215 Å². The second-order valence-corrected chi connectivity index (χ2v) is 11.4. The van der Waals surface area contributed by atoms with Gasteiger partial charge in [-0.2, -0.15) is 5.06 Å². The lowest BCUT2D eigenvalue weighted by molar-refractivity contribution is -0.384. The van der Waals surface area contributed by atoms with Crippen molar-refractivity contribution in [2.75, 3.05) is 40.1 Å². The van der Waals surface area contributed by atoms with Crippen molar-refractivity contribution in [1.82, 2.24) is 5.06 Å². The zero-order chi connectivity index (χ0) is 26.0. The summed E-state index contributed by atoms with van der Waals surface area (Å²) in [5, 5.41) is 2.21. The highest BCUT2D eigenvalue weighted by molar-refractivity contribution is 5.76. The number of carbonyl (C=O) groups is 1. The lowest BCUT2D eigenvalue weighted by Gasteiger charge is -2.61. The summed E-state index contributed by atoms with van der Waals surface area (Å²) in [7, 11) is 1.41. The molecular formula is C28H43NO7. The van der Waals surface area contributed by atoms with Crippen LogP contribution < -0.4 is 4.74 Å². The van der Waals surface area contributed by atoms with E-state index in [-0.39, 0.29) is 36.4 Å². The first-order valence-electron chi connectivity index (χ1n) is 13.2. The third-order valence-corrected chi connectivity index (χ3v) is 7.96. The van der Waals surface area contributed by atoms with Gasteiger partial charge in [-0.3, -0.25) is 9.63 Å². The van der Waals surface area contributed by atoms with Crippen LogP contribution in [-0.2, 0) is 35.0 Å². The van der Waals surface area contributed by atoms with Crippen molar-refractivity contribution in [2.45, 2.75) is 89.7 Å². The molecule has 0 bridgehead atoms. The average Bonchev–Trinajstić information content (AvgIpc) is 3.70. The molecule has 0 amide bonds. The first-order valence-corrected chi connectivity index (χ1v) is 13.2. The molecule has 0 radical (unpaired) electrons. The van der Waals surface area contributed by atoms with E-state index >= 15 is 0 Å². The third-order valence-electron chi connectivity index (χ3n) is 7.96. The molecule has 3 fully saturated rings. The Balaban J connectivity index is 1.39. The molecule has 0 saturated carbocycles. The molecule has 36 heavy (non-hydrogen) atoms. The lowest BCUT2D eigenvalue weighted by Crippen LogP contribution is -2.70. The Morgan fingerprint density at radius 1 is 1.06 bits per heavy atom. The molecule has 1 unspecified atom stereocenters. The normalized spacial score (nSPS) is 31.2. The molecule has 0 aromatic heterocycles. The number of hydroxylamine groups is 2. The maximum absolute atomic E-state index is 12.3. The molecule has 3 aliphatic rings. The number of benzene rings is 1. The highest BCUT2D eigenvalue weighted by atomic mass is 16.7. The van der Waals surface area contributed by atoms with Gasteiger partial charge < -0.3 is 23.7 Å². The number of piperidine rings is 1. The van der Waals surface area contributed by atoms with Gasteiger partial charge in [-0.25, -0.2) is 0 Å². The molecule has 202 valence electrons. The Morgan fingerprint density at radius 3 is 2.25 bits per heavy atom. The Bertz CT molecular complexity index is 884. The fourth-order valence-electron chi connectivity index (χ4n) is 5.70. The largest absolute Gasteiger partial charge is 0.491 e. The predicted molar refractivity (Wildman–Crippen MR) is 135 cm³/mol. The van der Waals surface area contributed by atoms with Crippen LogP contribution in [0.15, 0.2) is 24.3 Å². The van der Waals surface area contributed by atoms with Crippen molar-refractivity contribution in [3.05, 3.63) is 29.8 Å². The highest BCUT2D eigenvalue weighted by Crippen LogP contribution is 2.51. The van der Waals surface area contributed by atoms with E-state index in [4.69, 9.17) is 28.5 Å². The second kappa shape index (κ2) is 10.6. The van der Waals surface area contributed by atoms with Gasteiger partial charge in [0, 0.05) is 18.4 Å². The number of esters is 1. The molecule has 3 saturated heterocycles. The van der Waals surface area contributed by atoms with Crippen molar-refractivity contribution in [3.8, 4) is 5.75 Å². The molecule has 1 atom stereocenters. The molecule has 3 heterocycles. The zero-order valence-electron chi connectivity index (χ0n) is 22.8. The molecule has 1 aromatic rings. The third kappa shape index (κ3) is 5.73. The fourth-order valence-corrected chi connectivity index (χ4v) is 5.70. The Kier molecular flexibility index (Phi) is 8.03. The smallest absolute Gasteiger partial charge is 0.316 e. The number of nitrogens with zero attached hydrogens (tertiary/aromatic N) is 1. The quantitative estimate of drug-likeness (QED) is 0.344. The van der Waals surface area contributed by atoms with Crippen molar-refractivity contribution in [3.63, 3.8) is 0 Å². The minimum atomic E-state index is -0.787. The van der Waals surface area contributed by atoms with Crippen molar-refractivity contribution in [2.24, 2.45) is 5.41 Å². The average molecular weight is 506 g/mol. The molecule has 1 spiro atoms. The van der Waals surface area contributed by atoms with Crippen LogP contribution >= 0.6 is 0 Å². The van der Waals surface area contributed by atoms with Crippen molar-refractivity contribution >= 4 is 5.97 Å². The van der Waals surface area contributed by atoms with Crippen LogP contribution in [0.5, 0.6) is 5.75 Å². The van der Waals surface area contributed by atoms with Gasteiger partial charge >= 0.3 is 5.97 Å². The van der Waals surface area contributed by atoms with E-state index in [1.165, 1.54) is 12.7 Å². The van der Waals surface area contributed by atoms with Crippen LogP contribution in [0.2, 0.25) is 0 Å². The predicted octanol–water partition coefficient (Wildman–Crippen LogP) is 4.29. The minimum absolute atomic E-state index is 0.247. The van der Waals surface area contributed by atoms with Crippen LogP contribution in [0.25, 0.3) is 0 Å². The van der Waals surface area contributed by atoms with Crippen LogP contribution in [0.1, 0.15) is 65.9 Å². The molecule has 4 rings (SSSR count). The molecule has 1 aromatic carbocycles. The number of methoxy groups -OCH3 is 1. The molecule has 8 heteroatoms. The number of carbonyl (C=O) groups excluding carboxylic acids is 1. The Hall–Kier alpha value is -1.71. The number of hydrogen-bond donors (Lipinski definition) is 0. The maximum Gasteiger partial charge on any atom is 0.316 e. The number of hydrogen-bond acceptors (Lipinski definition) is 8. The second-order valence-electron chi connectivity index (χ2n) is 11.4. The minimum Gasteiger partial charge on any atom is -0.491 e. The van der Waals surface area contributed by atoms with Crippen LogP contribution in [-0.4, -0.2) is 74.1 Å². The Morgan fingerprint density at radius 2 is 1.69 bits per heavy atom. The van der Waals surface area contributed by atoms with E-state index in [1.54, 1.807) is 0 Å². The summed E-state index contributed by atoms with van der Waals surface area (Å²) in [4.78, 5) is 18.8. The summed E-state index contributed by atoms with van der Waals surface area (Å²) < 4.78 is 28.7. The van der Waals surface area contributed by atoms with E-state index in [2.05, 4.69) is 44.9 Å². The van der Waals surface area contributed by atoms with E-state index in [0.717, 1.165) is 31.6 Å². The molecule has 3 aliphatic heterocycles.